The molecule has 0 bridgehead atoms. The van der Waals surface area contributed by atoms with Gasteiger partial charge in [0.05, 0.1) is 11.3 Å². The molecule has 146 valence electrons. The number of thioether (sulfide) groups is 1. The van der Waals surface area contributed by atoms with Gasteiger partial charge in [-0.1, -0.05) is 62.3 Å². The molecule has 2 aromatic carbocycles. The number of aryl methyl sites for hydroxylation is 1. The number of carbonyl (C=O) groups is 1. The van der Waals surface area contributed by atoms with Gasteiger partial charge in [0.15, 0.2) is 5.82 Å². The lowest BCUT2D eigenvalue weighted by Crippen LogP contribution is -2.11. The van der Waals surface area contributed by atoms with Crippen LogP contribution in [-0.4, -0.2) is 16.1 Å². The van der Waals surface area contributed by atoms with Gasteiger partial charge in [-0.2, -0.15) is 4.98 Å². The smallest absolute Gasteiger partial charge is 0.339 e. The summed E-state index contributed by atoms with van der Waals surface area (Å²) in [6.07, 6.45) is 0. The second kappa shape index (κ2) is 8.61. The first-order valence-corrected chi connectivity index (χ1v) is 10.1. The number of hydrogen-bond acceptors (Lipinski definition) is 6. The summed E-state index contributed by atoms with van der Waals surface area (Å²) in [5, 5.41) is 3.78. The van der Waals surface area contributed by atoms with Crippen molar-refractivity contribution in [3.8, 4) is 0 Å². The molecule has 28 heavy (non-hydrogen) atoms. The van der Waals surface area contributed by atoms with Crippen molar-refractivity contribution in [2.24, 2.45) is 0 Å². The maximum absolute atomic E-state index is 12.6. The third kappa shape index (κ3) is 5.23. The fourth-order valence-corrected chi connectivity index (χ4v) is 3.50. The average molecular weight is 397 g/mol. The average Bonchev–Trinajstić information content (AvgIpc) is 3.09. The highest BCUT2D eigenvalue weighted by atomic mass is 32.2. The van der Waals surface area contributed by atoms with Gasteiger partial charge in [0.25, 0.3) is 0 Å². The Labute approximate surface area is 169 Å². The normalized spacial score (nSPS) is 11.4. The topological polar surface area (TPSA) is 65.2 Å². The number of aromatic nitrogens is 2. The molecule has 0 unspecified atom stereocenters. The molecule has 0 atom stereocenters. The number of rotatable bonds is 6. The molecule has 0 aliphatic rings. The van der Waals surface area contributed by atoms with Crippen molar-refractivity contribution >= 4 is 17.7 Å². The van der Waals surface area contributed by atoms with Crippen LogP contribution in [0.2, 0.25) is 0 Å². The van der Waals surface area contributed by atoms with Gasteiger partial charge in [-0.25, -0.2) is 4.79 Å². The Morgan fingerprint density at radius 3 is 2.46 bits per heavy atom. The molecular formula is C22H24N2O3S. The lowest BCUT2D eigenvalue weighted by atomic mass is 9.87. The number of ether oxygens (including phenoxy) is 1. The van der Waals surface area contributed by atoms with Gasteiger partial charge < -0.3 is 9.26 Å². The number of benzene rings is 2. The highest BCUT2D eigenvalue weighted by molar-refractivity contribution is 7.98. The molecule has 0 saturated carbocycles. The summed E-state index contributed by atoms with van der Waals surface area (Å²) < 4.78 is 10.7. The molecule has 0 spiro atoms. The highest BCUT2D eigenvalue weighted by Crippen LogP contribution is 2.27. The van der Waals surface area contributed by atoms with Crippen LogP contribution in [0.4, 0.5) is 0 Å². The standard InChI is InChI=1S/C22H24N2O3S/c1-15-23-20(27-24-15)14-28-19-8-6-5-7-18(19)21(25)26-13-16-9-11-17(12-10-16)22(2,3)4/h5-12H,13-14H2,1-4H3. The van der Waals surface area contributed by atoms with Crippen molar-refractivity contribution < 1.29 is 14.1 Å². The van der Waals surface area contributed by atoms with E-state index in [4.69, 9.17) is 9.26 Å². The predicted octanol–water partition coefficient (Wildman–Crippen LogP) is 5.32. The third-order valence-corrected chi connectivity index (χ3v) is 5.28. The SMILES string of the molecule is Cc1noc(CSc2ccccc2C(=O)OCc2ccc(C(C)(C)C)cc2)n1. The van der Waals surface area contributed by atoms with E-state index in [0.29, 0.717) is 23.0 Å². The van der Waals surface area contributed by atoms with E-state index < -0.39 is 0 Å². The van der Waals surface area contributed by atoms with E-state index in [1.54, 1.807) is 13.0 Å². The minimum absolute atomic E-state index is 0.0995. The van der Waals surface area contributed by atoms with Gasteiger partial charge in [-0.05, 0) is 35.6 Å². The molecule has 6 heteroatoms. The summed E-state index contributed by atoms with van der Waals surface area (Å²) in [5.74, 6) is 1.29. The van der Waals surface area contributed by atoms with Crippen molar-refractivity contribution in [1.29, 1.82) is 0 Å². The van der Waals surface area contributed by atoms with E-state index in [2.05, 4.69) is 43.0 Å². The fourth-order valence-electron chi connectivity index (χ4n) is 2.63. The van der Waals surface area contributed by atoms with Crippen molar-refractivity contribution in [2.75, 3.05) is 0 Å². The summed E-state index contributed by atoms with van der Waals surface area (Å²) in [5.41, 5.74) is 2.85. The van der Waals surface area contributed by atoms with Crippen LogP contribution >= 0.6 is 11.8 Å². The number of nitrogens with zero attached hydrogens (tertiary/aromatic N) is 2. The zero-order valence-electron chi connectivity index (χ0n) is 16.6. The van der Waals surface area contributed by atoms with Gasteiger partial charge in [0.1, 0.15) is 6.61 Å². The van der Waals surface area contributed by atoms with Crippen LogP contribution in [0, 0.1) is 6.92 Å². The monoisotopic (exact) mass is 396 g/mol. The molecule has 3 rings (SSSR count). The van der Waals surface area contributed by atoms with Gasteiger partial charge in [0.2, 0.25) is 5.89 Å². The maximum Gasteiger partial charge on any atom is 0.339 e. The maximum atomic E-state index is 12.6. The molecule has 0 amide bonds. The van der Waals surface area contributed by atoms with Crippen LogP contribution in [-0.2, 0) is 22.5 Å². The summed E-state index contributed by atoms with van der Waals surface area (Å²) in [4.78, 5) is 17.6. The summed E-state index contributed by atoms with van der Waals surface area (Å²) >= 11 is 1.47. The summed E-state index contributed by atoms with van der Waals surface area (Å²) in [6, 6.07) is 15.6. The Morgan fingerprint density at radius 2 is 1.82 bits per heavy atom. The highest BCUT2D eigenvalue weighted by Gasteiger charge is 2.16. The zero-order valence-corrected chi connectivity index (χ0v) is 17.4. The van der Waals surface area contributed by atoms with Crippen LogP contribution in [0.15, 0.2) is 57.9 Å². The van der Waals surface area contributed by atoms with Crippen molar-refractivity contribution in [3.05, 3.63) is 76.9 Å². The Bertz CT molecular complexity index is 943. The van der Waals surface area contributed by atoms with Crippen LogP contribution in [0.25, 0.3) is 0 Å². The molecule has 0 aliphatic carbocycles. The van der Waals surface area contributed by atoms with Gasteiger partial charge in [0, 0.05) is 4.90 Å². The molecular weight excluding hydrogens is 372 g/mol. The van der Waals surface area contributed by atoms with Crippen molar-refractivity contribution in [1.82, 2.24) is 10.1 Å². The zero-order chi connectivity index (χ0) is 20.1. The third-order valence-electron chi connectivity index (χ3n) is 4.22. The molecule has 1 aromatic heterocycles. The van der Waals surface area contributed by atoms with Crippen LogP contribution < -0.4 is 0 Å². The lowest BCUT2D eigenvalue weighted by Gasteiger charge is -2.19. The Hall–Kier alpha value is -2.60. The second-order valence-electron chi connectivity index (χ2n) is 7.54. The first-order valence-electron chi connectivity index (χ1n) is 9.10. The largest absolute Gasteiger partial charge is 0.457 e. The quantitative estimate of drug-likeness (QED) is 0.415. The first-order chi connectivity index (χ1) is 13.3. The van der Waals surface area contributed by atoms with Crippen molar-refractivity contribution in [3.63, 3.8) is 0 Å². The van der Waals surface area contributed by atoms with Crippen LogP contribution in [0.5, 0.6) is 0 Å². The summed E-state index contributed by atoms with van der Waals surface area (Å²) in [7, 11) is 0. The molecule has 0 fully saturated rings. The Kier molecular flexibility index (Phi) is 6.19. The minimum Gasteiger partial charge on any atom is -0.457 e. The minimum atomic E-state index is -0.343. The van der Waals surface area contributed by atoms with Gasteiger partial charge in [-0.3, -0.25) is 0 Å². The van der Waals surface area contributed by atoms with E-state index in [0.717, 1.165) is 10.5 Å². The fraction of sp³-hybridized carbons (Fsp3) is 0.318. The van der Waals surface area contributed by atoms with E-state index in [1.807, 2.05) is 30.3 Å². The van der Waals surface area contributed by atoms with E-state index in [-0.39, 0.29) is 18.0 Å². The van der Waals surface area contributed by atoms with Crippen LogP contribution in [0.3, 0.4) is 0 Å². The molecule has 5 nitrogen and oxygen atoms in total. The number of esters is 1. The second-order valence-corrected chi connectivity index (χ2v) is 8.56. The summed E-state index contributed by atoms with van der Waals surface area (Å²) in [6.45, 7) is 8.53. The molecule has 0 aliphatic heterocycles. The number of carbonyl (C=O) groups excluding carboxylic acids is 1. The van der Waals surface area contributed by atoms with E-state index in [1.165, 1.54) is 17.3 Å². The Balaban J connectivity index is 1.62. The predicted molar refractivity (Wildman–Crippen MR) is 109 cm³/mol. The van der Waals surface area contributed by atoms with Gasteiger partial charge >= 0.3 is 5.97 Å². The molecule has 0 N–H and O–H groups in total. The molecule has 1 heterocycles. The van der Waals surface area contributed by atoms with Crippen LogP contribution in [0.1, 0.15) is 54.0 Å². The van der Waals surface area contributed by atoms with E-state index in [9.17, 15) is 4.79 Å². The first kappa shape index (κ1) is 20.1. The molecule has 0 saturated heterocycles. The number of hydrogen-bond donors (Lipinski definition) is 0. The molecule has 3 aromatic rings. The lowest BCUT2D eigenvalue weighted by molar-refractivity contribution is 0.0468. The Morgan fingerprint density at radius 1 is 1.11 bits per heavy atom. The van der Waals surface area contributed by atoms with Crippen molar-refractivity contribution in [2.45, 2.75) is 50.4 Å². The van der Waals surface area contributed by atoms with Gasteiger partial charge in [-0.15, -0.1) is 11.8 Å². The molecule has 0 radical (unpaired) electrons. The van der Waals surface area contributed by atoms with E-state index >= 15 is 0 Å².